The molecule has 7 heteroatoms. The Morgan fingerprint density at radius 2 is 1.89 bits per heavy atom. The maximum absolute atomic E-state index is 13.5. The number of Topliss-reactive ketones (excluding diaryl/α,β-unsaturated/α-hetero) is 1. The molecule has 2 aromatic carbocycles. The van der Waals surface area contributed by atoms with Crippen LogP contribution in [0.15, 0.2) is 77.0 Å². The van der Waals surface area contributed by atoms with Crippen molar-refractivity contribution < 1.29 is 23.8 Å². The molecule has 0 saturated carbocycles. The average molecular weight is 485 g/mol. The number of carbonyl (C=O) groups excluding carboxylic acids is 2. The first-order valence-corrected chi connectivity index (χ1v) is 11.8. The van der Waals surface area contributed by atoms with Crippen LogP contribution in [0.2, 0.25) is 0 Å². The summed E-state index contributed by atoms with van der Waals surface area (Å²) in [6, 6.07) is 15.8. The number of para-hydroxylation sites is 1. The van der Waals surface area contributed by atoms with Crippen LogP contribution < -0.4 is 4.74 Å². The van der Waals surface area contributed by atoms with Crippen molar-refractivity contribution in [1.29, 1.82) is 0 Å². The predicted octanol–water partition coefficient (Wildman–Crippen LogP) is 5.53. The average Bonchev–Trinajstić information content (AvgIpc) is 3.57. The van der Waals surface area contributed by atoms with Gasteiger partial charge in [0.05, 0.1) is 31.5 Å². The SMILES string of the molecule is COc1ccc(/C(O)=C2\C(=O)C(=O)N(Cc3ccco3)C2c2cn(C)c3ccccc23)cc1C(C)C. The van der Waals surface area contributed by atoms with Crippen LogP contribution in [-0.2, 0) is 23.2 Å². The van der Waals surface area contributed by atoms with Gasteiger partial charge in [-0.1, -0.05) is 32.0 Å². The molecule has 4 aromatic rings. The second kappa shape index (κ2) is 9.07. The Morgan fingerprint density at radius 3 is 2.58 bits per heavy atom. The quantitative estimate of drug-likeness (QED) is 0.221. The molecule has 0 bridgehead atoms. The van der Waals surface area contributed by atoms with Gasteiger partial charge in [-0.15, -0.1) is 0 Å². The number of hydrogen-bond acceptors (Lipinski definition) is 5. The second-order valence-electron chi connectivity index (χ2n) is 9.33. The zero-order valence-electron chi connectivity index (χ0n) is 20.7. The Bertz CT molecular complexity index is 1490. The van der Waals surface area contributed by atoms with Crippen molar-refractivity contribution in [3.8, 4) is 5.75 Å². The monoisotopic (exact) mass is 484 g/mol. The Morgan fingerprint density at radius 1 is 1.11 bits per heavy atom. The van der Waals surface area contributed by atoms with Gasteiger partial charge < -0.3 is 23.7 Å². The van der Waals surface area contributed by atoms with Crippen LogP contribution in [0.3, 0.4) is 0 Å². The summed E-state index contributed by atoms with van der Waals surface area (Å²) in [6.45, 7) is 4.16. The van der Waals surface area contributed by atoms with Crippen LogP contribution in [0.4, 0.5) is 0 Å². The fraction of sp³-hybridized carbons (Fsp3) is 0.241. The number of methoxy groups -OCH3 is 1. The minimum absolute atomic E-state index is 0.0581. The number of furan rings is 1. The van der Waals surface area contributed by atoms with Crippen LogP contribution in [0.5, 0.6) is 5.75 Å². The van der Waals surface area contributed by atoms with Gasteiger partial charge in [0.25, 0.3) is 11.7 Å². The fourth-order valence-electron chi connectivity index (χ4n) is 5.02. The van der Waals surface area contributed by atoms with E-state index in [2.05, 4.69) is 0 Å². The number of ketones is 1. The molecule has 36 heavy (non-hydrogen) atoms. The summed E-state index contributed by atoms with van der Waals surface area (Å²) in [5.74, 6) is -0.234. The van der Waals surface area contributed by atoms with Gasteiger partial charge in [-0.25, -0.2) is 0 Å². The molecule has 1 N–H and O–H groups in total. The lowest BCUT2D eigenvalue weighted by atomic mass is 9.93. The number of aryl methyl sites for hydroxylation is 1. The lowest BCUT2D eigenvalue weighted by molar-refractivity contribution is -0.140. The molecule has 1 unspecified atom stereocenters. The van der Waals surface area contributed by atoms with E-state index in [1.54, 1.807) is 31.4 Å². The third-order valence-electron chi connectivity index (χ3n) is 6.79. The number of aliphatic hydroxyl groups is 1. The molecule has 0 aliphatic carbocycles. The summed E-state index contributed by atoms with van der Waals surface area (Å²) in [5, 5.41) is 12.4. The molecule has 3 heterocycles. The summed E-state index contributed by atoms with van der Waals surface area (Å²) >= 11 is 0. The Kier molecular flexibility index (Phi) is 5.92. The first kappa shape index (κ1) is 23.5. The summed E-state index contributed by atoms with van der Waals surface area (Å²) in [4.78, 5) is 28.3. The summed E-state index contributed by atoms with van der Waals surface area (Å²) in [6.07, 6.45) is 3.45. The molecule has 1 fully saturated rings. The van der Waals surface area contributed by atoms with Gasteiger partial charge >= 0.3 is 0 Å². The van der Waals surface area contributed by atoms with E-state index in [1.807, 2.05) is 62.0 Å². The zero-order chi connectivity index (χ0) is 25.6. The van der Waals surface area contributed by atoms with Crippen molar-refractivity contribution in [2.75, 3.05) is 7.11 Å². The number of nitrogens with zero attached hydrogens (tertiary/aromatic N) is 2. The number of fused-ring (bicyclic) bond motifs is 1. The first-order chi connectivity index (χ1) is 17.3. The maximum Gasteiger partial charge on any atom is 0.296 e. The van der Waals surface area contributed by atoms with Crippen LogP contribution in [-0.4, -0.2) is 33.4 Å². The highest BCUT2D eigenvalue weighted by molar-refractivity contribution is 6.46. The van der Waals surface area contributed by atoms with Crippen molar-refractivity contribution in [3.05, 3.63) is 95.1 Å². The summed E-state index contributed by atoms with van der Waals surface area (Å²) < 4.78 is 12.9. The van der Waals surface area contributed by atoms with Crippen molar-refractivity contribution >= 4 is 28.4 Å². The number of aliphatic hydroxyl groups excluding tert-OH is 1. The molecular formula is C29H28N2O5. The molecule has 184 valence electrons. The normalized spacial score (nSPS) is 17.5. The third-order valence-corrected chi connectivity index (χ3v) is 6.79. The Labute approximate surface area is 209 Å². The summed E-state index contributed by atoms with van der Waals surface area (Å²) in [7, 11) is 3.52. The van der Waals surface area contributed by atoms with Crippen LogP contribution >= 0.6 is 0 Å². The fourth-order valence-corrected chi connectivity index (χ4v) is 5.02. The molecule has 7 nitrogen and oxygen atoms in total. The Hall–Kier alpha value is -4.26. The largest absolute Gasteiger partial charge is 0.507 e. The van der Waals surface area contributed by atoms with Crippen molar-refractivity contribution in [3.63, 3.8) is 0 Å². The number of amides is 1. The van der Waals surface area contributed by atoms with Gasteiger partial charge in [0.2, 0.25) is 0 Å². The number of carbonyl (C=O) groups is 2. The van der Waals surface area contributed by atoms with Gasteiger partial charge in [0.15, 0.2) is 0 Å². The molecule has 1 atom stereocenters. The number of hydrogen-bond donors (Lipinski definition) is 1. The van der Waals surface area contributed by atoms with Crippen molar-refractivity contribution in [1.82, 2.24) is 9.47 Å². The van der Waals surface area contributed by atoms with Gasteiger partial charge in [-0.3, -0.25) is 9.59 Å². The number of aromatic nitrogens is 1. The van der Waals surface area contributed by atoms with E-state index in [1.165, 1.54) is 11.2 Å². The molecule has 5 rings (SSSR count). The van der Waals surface area contributed by atoms with E-state index in [0.29, 0.717) is 17.1 Å². The van der Waals surface area contributed by atoms with E-state index in [0.717, 1.165) is 22.0 Å². The van der Waals surface area contributed by atoms with Crippen molar-refractivity contribution in [2.45, 2.75) is 32.4 Å². The highest BCUT2D eigenvalue weighted by atomic mass is 16.5. The lowest BCUT2D eigenvalue weighted by Crippen LogP contribution is -2.29. The molecule has 1 saturated heterocycles. The lowest BCUT2D eigenvalue weighted by Gasteiger charge is -2.24. The molecule has 0 spiro atoms. The Balaban J connectivity index is 1.73. The van der Waals surface area contributed by atoms with Gasteiger partial charge in [0, 0.05) is 35.3 Å². The molecule has 1 aliphatic rings. The van der Waals surface area contributed by atoms with Crippen molar-refractivity contribution in [2.24, 2.45) is 7.05 Å². The third kappa shape index (κ3) is 3.77. The molecule has 0 radical (unpaired) electrons. The topological polar surface area (TPSA) is 84.9 Å². The van der Waals surface area contributed by atoms with Crippen LogP contribution in [0.25, 0.3) is 16.7 Å². The molecular weight excluding hydrogens is 456 g/mol. The highest BCUT2D eigenvalue weighted by Gasteiger charge is 2.47. The minimum Gasteiger partial charge on any atom is -0.507 e. The molecule has 2 aromatic heterocycles. The predicted molar refractivity (Wildman–Crippen MR) is 137 cm³/mol. The number of ether oxygens (including phenoxy) is 1. The van der Waals surface area contributed by atoms with Crippen LogP contribution in [0.1, 0.15) is 48.3 Å². The van der Waals surface area contributed by atoms with E-state index < -0.39 is 17.7 Å². The van der Waals surface area contributed by atoms with Gasteiger partial charge in [-0.05, 0) is 47.9 Å². The number of rotatable bonds is 6. The van der Waals surface area contributed by atoms with E-state index in [9.17, 15) is 14.7 Å². The van der Waals surface area contributed by atoms with Gasteiger partial charge in [-0.2, -0.15) is 0 Å². The number of likely N-dealkylation sites (tertiary alicyclic amines) is 1. The zero-order valence-corrected chi connectivity index (χ0v) is 20.7. The standard InChI is InChI=1S/C29H28N2O5/c1-17(2)21-14-18(11-12-24(21)35-4)27(32)25-26(22-16-30(3)23-10-6-5-9-20(22)23)31(29(34)28(25)33)15-19-8-7-13-36-19/h5-14,16-17,26,32H,15H2,1-4H3/b27-25+. The number of benzene rings is 2. The molecule has 1 amide bonds. The van der Waals surface area contributed by atoms with E-state index in [-0.39, 0.29) is 23.8 Å². The highest BCUT2D eigenvalue weighted by Crippen LogP contribution is 2.43. The first-order valence-electron chi connectivity index (χ1n) is 11.8. The minimum atomic E-state index is -0.786. The molecule has 1 aliphatic heterocycles. The van der Waals surface area contributed by atoms with Crippen LogP contribution in [0, 0.1) is 0 Å². The smallest absolute Gasteiger partial charge is 0.296 e. The summed E-state index contributed by atoms with van der Waals surface area (Å²) in [5.41, 5.74) is 3.14. The van der Waals surface area contributed by atoms with E-state index in [4.69, 9.17) is 9.15 Å². The maximum atomic E-state index is 13.5. The van der Waals surface area contributed by atoms with E-state index >= 15 is 0 Å². The second-order valence-corrected chi connectivity index (χ2v) is 9.33. The van der Waals surface area contributed by atoms with Gasteiger partial charge in [0.1, 0.15) is 17.3 Å².